The van der Waals surface area contributed by atoms with Gasteiger partial charge in [-0.1, -0.05) is 29.3 Å². The lowest BCUT2D eigenvalue weighted by Gasteiger charge is -2.59. The maximum atomic E-state index is 12.1. The molecule has 1 aliphatic heterocycles. The summed E-state index contributed by atoms with van der Waals surface area (Å²) in [5.41, 5.74) is 2.26. The average Bonchev–Trinajstić information content (AvgIpc) is 2.84. The van der Waals surface area contributed by atoms with Gasteiger partial charge in [0.1, 0.15) is 0 Å². The number of aryl methyl sites for hydroxylation is 1. The van der Waals surface area contributed by atoms with Crippen molar-refractivity contribution in [2.75, 3.05) is 33.3 Å². The van der Waals surface area contributed by atoms with E-state index in [-0.39, 0.29) is 24.2 Å². The number of hydrogen-bond acceptors (Lipinski definition) is 6. The molecule has 1 saturated carbocycles. The Bertz CT molecular complexity index is 1210. The molecule has 3 heterocycles. The van der Waals surface area contributed by atoms with Crippen molar-refractivity contribution in [2.45, 2.75) is 32.1 Å². The maximum Gasteiger partial charge on any atom is 0.307 e. The largest absolute Gasteiger partial charge is 0.469 e. The molecule has 196 valence electrons. The number of halogens is 2. The second-order valence-corrected chi connectivity index (χ2v) is 10.7. The van der Waals surface area contributed by atoms with E-state index in [1.807, 2.05) is 18.2 Å². The summed E-state index contributed by atoms with van der Waals surface area (Å²) in [6.07, 6.45) is 5.98. The van der Waals surface area contributed by atoms with Gasteiger partial charge in [0.2, 0.25) is 5.91 Å². The van der Waals surface area contributed by atoms with Crippen molar-refractivity contribution in [1.82, 2.24) is 20.2 Å². The molecule has 2 fully saturated rings. The van der Waals surface area contributed by atoms with Gasteiger partial charge in [-0.25, -0.2) is 9.97 Å². The predicted molar refractivity (Wildman–Crippen MR) is 146 cm³/mol. The number of benzene rings is 1. The monoisotopic (exact) mass is 542 g/mol. The van der Waals surface area contributed by atoms with E-state index in [0.29, 0.717) is 22.0 Å². The fourth-order valence-electron chi connectivity index (χ4n) is 5.10. The van der Waals surface area contributed by atoms with E-state index < -0.39 is 0 Å². The number of amides is 1. The molecule has 0 bridgehead atoms. The van der Waals surface area contributed by atoms with E-state index in [9.17, 15) is 9.59 Å². The van der Waals surface area contributed by atoms with Crippen LogP contribution < -0.4 is 5.32 Å². The number of rotatable bonds is 8. The van der Waals surface area contributed by atoms with Crippen LogP contribution in [-0.2, 0) is 20.7 Å². The summed E-state index contributed by atoms with van der Waals surface area (Å²) in [7, 11) is 1.36. The lowest BCUT2D eigenvalue weighted by molar-refractivity contribution is -0.145. The maximum absolute atomic E-state index is 12.1. The number of carbonyl (C=O) groups is 2. The zero-order chi connectivity index (χ0) is 26.3. The molecule has 9 heteroatoms. The molecule has 0 atom stereocenters. The summed E-state index contributed by atoms with van der Waals surface area (Å²) in [5, 5.41) is 5.28. The molecule has 2 aromatic heterocycles. The molecular weight excluding hydrogens is 511 g/mol. The van der Waals surface area contributed by atoms with Gasteiger partial charge in [0, 0.05) is 52.9 Å². The Hall–Kier alpha value is -2.74. The Balaban J connectivity index is 0.000000342. The molecule has 2 aliphatic rings. The normalized spacial score (nSPS) is 16.3. The number of methoxy groups -OCH3 is 1. The van der Waals surface area contributed by atoms with Crippen molar-refractivity contribution in [1.29, 1.82) is 0 Å². The Labute approximate surface area is 227 Å². The van der Waals surface area contributed by atoms with E-state index in [4.69, 9.17) is 23.2 Å². The lowest BCUT2D eigenvalue weighted by atomic mass is 9.57. The quantitative estimate of drug-likeness (QED) is 0.405. The van der Waals surface area contributed by atoms with Crippen LogP contribution in [0.2, 0.25) is 10.0 Å². The fourth-order valence-corrected chi connectivity index (χ4v) is 5.54. The van der Waals surface area contributed by atoms with Crippen molar-refractivity contribution < 1.29 is 14.3 Å². The highest BCUT2D eigenvalue weighted by Gasteiger charge is 2.53. The van der Waals surface area contributed by atoms with E-state index in [1.165, 1.54) is 7.11 Å². The van der Waals surface area contributed by atoms with Gasteiger partial charge in [-0.05, 0) is 80.1 Å². The molecular formula is C28H32Cl2N4O3. The first-order chi connectivity index (χ1) is 17.9. The lowest BCUT2D eigenvalue weighted by Crippen LogP contribution is -2.64. The predicted octanol–water partition coefficient (Wildman–Crippen LogP) is 4.95. The third-order valence-corrected chi connectivity index (χ3v) is 7.39. The highest BCUT2D eigenvalue weighted by atomic mass is 35.5. The van der Waals surface area contributed by atoms with Gasteiger partial charge in [-0.3, -0.25) is 9.59 Å². The number of esters is 1. The fraction of sp³-hybridized carbons (Fsp3) is 0.429. The molecule has 0 radical (unpaired) electrons. The molecule has 1 saturated heterocycles. The van der Waals surface area contributed by atoms with Gasteiger partial charge in [-0.2, -0.15) is 0 Å². The first-order valence-electron chi connectivity index (χ1n) is 12.5. The molecule has 1 amide bonds. The number of nitrogens with zero attached hydrogens (tertiary/aromatic N) is 3. The van der Waals surface area contributed by atoms with Gasteiger partial charge >= 0.3 is 5.97 Å². The van der Waals surface area contributed by atoms with Crippen molar-refractivity contribution >= 4 is 46.1 Å². The first-order valence-corrected chi connectivity index (χ1v) is 13.3. The summed E-state index contributed by atoms with van der Waals surface area (Å²) < 4.78 is 4.58. The Morgan fingerprint density at radius 3 is 2.54 bits per heavy atom. The zero-order valence-electron chi connectivity index (χ0n) is 21.0. The second-order valence-electron chi connectivity index (χ2n) is 9.83. The molecule has 5 rings (SSSR count). The minimum atomic E-state index is -0.292. The number of pyridine rings is 2. The van der Waals surface area contributed by atoms with Crippen LogP contribution in [0.1, 0.15) is 31.4 Å². The molecule has 1 aromatic carbocycles. The van der Waals surface area contributed by atoms with Gasteiger partial charge in [0.15, 0.2) is 5.65 Å². The summed E-state index contributed by atoms with van der Waals surface area (Å²) >= 11 is 11.1. The van der Waals surface area contributed by atoms with Crippen LogP contribution in [0.15, 0.2) is 54.7 Å². The number of aromatic nitrogens is 2. The van der Waals surface area contributed by atoms with E-state index in [0.717, 1.165) is 62.0 Å². The van der Waals surface area contributed by atoms with Crippen molar-refractivity contribution in [2.24, 2.45) is 11.3 Å². The summed E-state index contributed by atoms with van der Waals surface area (Å²) in [4.78, 5) is 34.7. The minimum absolute atomic E-state index is 0.0777. The topological polar surface area (TPSA) is 84.4 Å². The van der Waals surface area contributed by atoms with Crippen molar-refractivity contribution in [3.63, 3.8) is 0 Å². The molecule has 1 N–H and O–H groups in total. The van der Waals surface area contributed by atoms with Crippen LogP contribution in [0.25, 0.3) is 11.0 Å². The third-order valence-electron chi connectivity index (χ3n) is 6.92. The number of ether oxygens (including phenoxy) is 1. The first kappa shape index (κ1) is 27.3. The van der Waals surface area contributed by atoms with Gasteiger partial charge < -0.3 is 15.0 Å². The van der Waals surface area contributed by atoms with Gasteiger partial charge in [-0.15, -0.1) is 0 Å². The molecule has 3 aromatic rings. The molecule has 1 spiro atoms. The van der Waals surface area contributed by atoms with Gasteiger partial charge in [0.25, 0.3) is 0 Å². The summed E-state index contributed by atoms with van der Waals surface area (Å²) in [6, 6.07) is 15.2. The third kappa shape index (κ3) is 7.63. The number of nitrogens with one attached hydrogen (secondary N) is 1. The van der Waals surface area contributed by atoms with Crippen molar-refractivity contribution in [3.8, 4) is 0 Å². The molecule has 1 aliphatic carbocycles. The highest BCUT2D eigenvalue weighted by Crippen LogP contribution is 2.51. The van der Waals surface area contributed by atoms with Crippen LogP contribution in [0.4, 0.5) is 0 Å². The smallest absolute Gasteiger partial charge is 0.307 e. The van der Waals surface area contributed by atoms with E-state index in [2.05, 4.69) is 37.1 Å². The number of carbonyl (C=O) groups excluding carboxylic acids is 2. The Kier molecular flexibility index (Phi) is 9.35. The standard InChI is InChI=1S/C22H28N4O3.C6H4Cl2/c1-29-19(27)8-10-24-21(28)17-12-22(13-17)14-26(15-22)11-3-5-18-7-6-16-4-2-9-23-20(16)25-18;7-5-2-1-3-6(8)4-5/h2,4,6-7,9,17H,3,5,8,10-15H2,1H3,(H,24,28);1-4H. The van der Waals surface area contributed by atoms with E-state index in [1.54, 1.807) is 24.4 Å². The van der Waals surface area contributed by atoms with Crippen LogP contribution in [0.5, 0.6) is 0 Å². The van der Waals surface area contributed by atoms with Crippen LogP contribution in [0.3, 0.4) is 0 Å². The van der Waals surface area contributed by atoms with Crippen molar-refractivity contribution in [3.05, 3.63) is 70.5 Å². The van der Waals surface area contributed by atoms with Gasteiger partial charge in [0.05, 0.1) is 13.5 Å². The van der Waals surface area contributed by atoms with Crippen LogP contribution >= 0.6 is 23.2 Å². The zero-order valence-corrected chi connectivity index (χ0v) is 22.5. The Morgan fingerprint density at radius 1 is 1.11 bits per heavy atom. The SMILES string of the molecule is COC(=O)CCNC(=O)C1CC2(C1)CN(CCCc1ccc3cccnc3n1)C2.Clc1cccc(Cl)c1. The molecule has 7 nitrogen and oxygen atoms in total. The van der Waals surface area contributed by atoms with E-state index >= 15 is 0 Å². The molecule has 37 heavy (non-hydrogen) atoms. The number of hydrogen-bond donors (Lipinski definition) is 1. The highest BCUT2D eigenvalue weighted by molar-refractivity contribution is 6.34. The summed E-state index contributed by atoms with van der Waals surface area (Å²) in [5.74, 6) is -0.113. The second kappa shape index (κ2) is 12.7. The molecule has 0 unspecified atom stereocenters. The number of fused-ring (bicyclic) bond motifs is 1. The van der Waals surface area contributed by atoms with Crippen LogP contribution in [0, 0.1) is 11.3 Å². The van der Waals surface area contributed by atoms with Crippen LogP contribution in [-0.4, -0.2) is 60.0 Å². The Morgan fingerprint density at radius 2 is 1.86 bits per heavy atom. The minimum Gasteiger partial charge on any atom is -0.469 e. The number of likely N-dealkylation sites (tertiary alicyclic amines) is 1. The average molecular weight is 543 g/mol. The summed E-state index contributed by atoms with van der Waals surface area (Å²) in [6.45, 7) is 3.61.